The number of carbonyl (C=O) groups excluding carboxylic acids is 1. The van der Waals surface area contributed by atoms with Crippen molar-refractivity contribution < 1.29 is 4.79 Å². The Labute approximate surface area is 119 Å². The quantitative estimate of drug-likeness (QED) is 0.880. The van der Waals surface area contributed by atoms with Gasteiger partial charge >= 0.3 is 0 Å². The molecule has 20 heavy (non-hydrogen) atoms. The molecule has 1 aliphatic rings. The van der Waals surface area contributed by atoms with E-state index in [0.717, 1.165) is 25.8 Å². The maximum absolute atomic E-state index is 11.8. The predicted molar refractivity (Wildman–Crippen MR) is 81.8 cm³/mol. The van der Waals surface area contributed by atoms with Gasteiger partial charge in [0.1, 0.15) is 0 Å². The highest BCUT2D eigenvalue weighted by atomic mass is 16.1. The van der Waals surface area contributed by atoms with Crippen LogP contribution in [0.4, 0.5) is 0 Å². The summed E-state index contributed by atoms with van der Waals surface area (Å²) >= 11 is 0. The van der Waals surface area contributed by atoms with Gasteiger partial charge in [-0.15, -0.1) is 0 Å². The summed E-state index contributed by atoms with van der Waals surface area (Å²) in [5, 5.41) is 4.37. The number of hydrogen-bond acceptors (Lipinski definition) is 1. The minimum atomic E-state index is 0.241. The lowest BCUT2D eigenvalue weighted by Crippen LogP contribution is -2.35. The molecular formula is C17H22N2O. The van der Waals surface area contributed by atoms with Gasteiger partial charge in [-0.3, -0.25) is 4.79 Å². The average molecular weight is 270 g/mol. The van der Waals surface area contributed by atoms with Crippen LogP contribution < -0.4 is 5.32 Å². The summed E-state index contributed by atoms with van der Waals surface area (Å²) in [6, 6.07) is 6.48. The van der Waals surface area contributed by atoms with E-state index in [2.05, 4.69) is 42.3 Å². The number of H-pyrrole nitrogens is 1. The lowest BCUT2D eigenvalue weighted by atomic mass is 9.85. The second-order valence-corrected chi connectivity index (χ2v) is 5.95. The van der Waals surface area contributed by atoms with Gasteiger partial charge in [-0.1, -0.05) is 18.1 Å². The molecule has 106 valence electrons. The molecule has 1 aromatic carbocycles. The van der Waals surface area contributed by atoms with Gasteiger partial charge in [0.25, 0.3) is 0 Å². The zero-order valence-electron chi connectivity index (χ0n) is 12.3. The normalized spacial score (nSPS) is 15.3. The average Bonchev–Trinajstić information content (AvgIpc) is 2.63. The number of hydrogen-bond donors (Lipinski definition) is 2. The maximum atomic E-state index is 11.8. The largest absolute Gasteiger partial charge is 0.358 e. The van der Waals surface area contributed by atoms with Crippen molar-refractivity contribution in [2.45, 2.75) is 39.5 Å². The van der Waals surface area contributed by atoms with Gasteiger partial charge in [-0.05, 0) is 50.8 Å². The Kier molecular flexibility index (Phi) is 3.51. The molecular weight excluding hydrogens is 248 g/mol. The zero-order chi connectivity index (χ0) is 14.1. The van der Waals surface area contributed by atoms with Crippen molar-refractivity contribution in [1.29, 1.82) is 0 Å². The molecule has 1 heterocycles. The molecule has 1 aromatic heterocycles. The lowest BCUT2D eigenvalue weighted by molar-refractivity contribution is -0.127. The maximum Gasteiger partial charge on any atom is 0.223 e. The topological polar surface area (TPSA) is 44.9 Å². The fourth-order valence-electron chi connectivity index (χ4n) is 2.94. The van der Waals surface area contributed by atoms with E-state index in [1.807, 2.05) is 0 Å². The van der Waals surface area contributed by atoms with Gasteiger partial charge < -0.3 is 10.3 Å². The summed E-state index contributed by atoms with van der Waals surface area (Å²) in [7, 11) is 0. The van der Waals surface area contributed by atoms with Crippen LogP contribution in [-0.4, -0.2) is 17.4 Å². The Hall–Kier alpha value is -1.77. The van der Waals surface area contributed by atoms with Crippen LogP contribution in [0.1, 0.15) is 36.1 Å². The summed E-state index contributed by atoms with van der Waals surface area (Å²) < 4.78 is 0. The van der Waals surface area contributed by atoms with Gasteiger partial charge in [0.05, 0.1) is 0 Å². The number of rotatable bonds is 4. The minimum Gasteiger partial charge on any atom is -0.358 e. The third kappa shape index (κ3) is 2.45. The van der Waals surface area contributed by atoms with Gasteiger partial charge in [-0.25, -0.2) is 0 Å². The lowest BCUT2D eigenvalue weighted by Gasteiger charge is -2.24. The summed E-state index contributed by atoms with van der Waals surface area (Å²) in [5.41, 5.74) is 5.01. The molecule has 0 bridgehead atoms. The van der Waals surface area contributed by atoms with Crippen molar-refractivity contribution in [2.24, 2.45) is 5.92 Å². The minimum absolute atomic E-state index is 0.241. The van der Waals surface area contributed by atoms with Gasteiger partial charge in [0.15, 0.2) is 0 Å². The Bertz CT molecular complexity index is 638. The van der Waals surface area contributed by atoms with Gasteiger partial charge in [0.2, 0.25) is 5.91 Å². The number of fused-ring (bicyclic) bond motifs is 1. The van der Waals surface area contributed by atoms with Crippen molar-refractivity contribution in [3.8, 4) is 0 Å². The zero-order valence-corrected chi connectivity index (χ0v) is 12.3. The Morgan fingerprint density at radius 1 is 1.35 bits per heavy atom. The molecule has 1 aliphatic carbocycles. The van der Waals surface area contributed by atoms with Crippen molar-refractivity contribution in [1.82, 2.24) is 10.3 Å². The van der Waals surface area contributed by atoms with Crippen LogP contribution in [0.15, 0.2) is 18.2 Å². The highest BCUT2D eigenvalue weighted by Crippen LogP contribution is 2.26. The SMILES string of the molecule is Cc1ccc2[nH]c(C)c(CCNC(=O)C3CCC3)c2c1. The van der Waals surface area contributed by atoms with Crippen LogP contribution >= 0.6 is 0 Å². The first-order chi connectivity index (χ1) is 9.65. The summed E-state index contributed by atoms with van der Waals surface area (Å²) in [6.45, 7) is 4.96. The van der Waals surface area contributed by atoms with E-state index < -0.39 is 0 Å². The smallest absolute Gasteiger partial charge is 0.223 e. The Morgan fingerprint density at radius 3 is 2.85 bits per heavy atom. The number of aromatic nitrogens is 1. The van der Waals surface area contributed by atoms with Crippen LogP contribution in [-0.2, 0) is 11.2 Å². The first kappa shape index (κ1) is 13.2. The van der Waals surface area contributed by atoms with Crippen molar-refractivity contribution in [3.05, 3.63) is 35.0 Å². The molecule has 1 amide bonds. The monoisotopic (exact) mass is 270 g/mol. The summed E-state index contributed by atoms with van der Waals surface area (Å²) in [6.07, 6.45) is 4.24. The predicted octanol–water partition coefficient (Wildman–Crippen LogP) is 3.24. The number of nitrogens with one attached hydrogen (secondary N) is 2. The van der Waals surface area contributed by atoms with E-state index in [0.29, 0.717) is 0 Å². The molecule has 1 fully saturated rings. The van der Waals surface area contributed by atoms with Crippen LogP contribution in [0.25, 0.3) is 10.9 Å². The Balaban J connectivity index is 1.69. The summed E-state index contributed by atoms with van der Waals surface area (Å²) in [5.74, 6) is 0.520. The van der Waals surface area contributed by atoms with E-state index in [1.165, 1.54) is 34.1 Å². The third-order valence-electron chi connectivity index (χ3n) is 4.43. The highest BCUT2D eigenvalue weighted by molar-refractivity contribution is 5.85. The molecule has 0 spiro atoms. The Morgan fingerprint density at radius 2 is 2.15 bits per heavy atom. The van der Waals surface area contributed by atoms with Gasteiger partial charge in [0, 0.05) is 29.1 Å². The number of carbonyl (C=O) groups is 1. The first-order valence-corrected chi connectivity index (χ1v) is 7.50. The number of aryl methyl sites for hydroxylation is 2. The van der Waals surface area contributed by atoms with Crippen LogP contribution in [0.5, 0.6) is 0 Å². The number of benzene rings is 1. The van der Waals surface area contributed by atoms with Crippen LogP contribution in [0.3, 0.4) is 0 Å². The molecule has 2 aromatic rings. The standard InChI is InChI=1S/C17H22N2O/c1-11-6-7-16-15(10-11)14(12(2)19-16)8-9-18-17(20)13-4-3-5-13/h6-7,10,13,19H,3-5,8-9H2,1-2H3,(H,18,20). The van der Waals surface area contributed by atoms with Crippen molar-refractivity contribution >= 4 is 16.8 Å². The van der Waals surface area contributed by atoms with E-state index in [9.17, 15) is 4.79 Å². The molecule has 3 heteroatoms. The van der Waals surface area contributed by atoms with Crippen molar-refractivity contribution in [3.63, 3.8) is 0 Å². The fraction of sp³-hybridized carbons (Fsp3) is 0.471. The fourth-order valence-corrected chi connectivity index (χ4v) is 2.94. The molecule has 1 saturated carbocycles. The molecule has 0 unspecified atom stereocenters. The number of amides is 1. The number of aromatic amines is 1. The molecule has 0 aliphatic heterocycles. The van der Waals surface area contributed by atoms with E-state index >= 15 is 0 Å². The molecule has 3 nitrogen and oxygen atoms in total. The second kappa shape index (κ2) is 5.31. The van der Waals surface area contributed by atoms with Gasteiger partial charge in [-0.2, -0.15) is 0 Å². The van der Waals surface area contributed by atoms with E-state index in [-0.39, 0.29) is 11.8 Å². The third-order valence-corrected chi connectivity index (χ3v) is 4.43. The van der Waals surface area contributed by atoms with E-state index in [1.54, 1.807) is 0 Å². The second-order valence-electron chi connectivity index (χ2n) is 5.95. The molecule has 0 atom stereocenters. The molecule has 0 radical (unpaired) electrons. The molecule has 2 N–H and O–H groups in total. The van der Waals surface area contributed by atoms with Crippen LogP contribution in [0.2, 0.25) is 0 Å². The molecule has 3 rings (SSSR count). The first-order valence-electron chi connectivity index (χ1n) is 7.50. The highest BCUT2D eigenvalue weighted by Gasteiger charge is 2.24. The summed E-state index contributed by atoms with van der Waals surface area (Å²) in [4.78, 5) is 15.3. The molecule has 0 saturated heterocycles. The van der Waals surface area contributed by atoms with E-state index in [4.69, 9.17) is 0 Å². The van der Waals surface area contributed by atoms with Crippen molar-refractivity contribution in [2.75, 3.05) is 6.54 Å². The van der Waals surface area contributed by atoms with Crippen LogP contribution in [0, 0.1) is 19.8 Å².